The van der Waals surface area contributed by atoms with E-state index >= 15 is 0 Å². The number of unbranched alkanes of at least 4 members (excludes halogenated alkanes) is 2. The second kappa shape index (κ2) is 12.3. The lowest BCUT2D eigenvalue weighted by Crippen LogP contribution is -2.40. The van der Waals surface area contributed by atoms with Gasteiger partial charge in [0.25, 0.3) is 0 Å². The predicted molar refractivity (Wildman–Crippen MR) is 75.3 cm³/mol. The average Bonchev–Trinajstić information content (AvgIpc) is 2.35. The Morgan fingerprint density at radius 2 is 1.65 bits per heavy atom. The molecule has 0 spiro atoms. The van der Waals surface area contributed by atoms with E-state index in [0.29, 0.717) is 6.04 Å². The van der Waals surface area contributed by atoms with E-state index in [4.69, 9.17) is 10.5 Å². The molecule has 0 aliphatic rings. The highest BCUT2D eigenvalue weighted by atomic mass is 16.5. The van der Waals surface area contributed by atoms with Crippen molar-refractivity contribution >= 4 is 0 Å². The molecule has 3 heteroatoms. The second-order valence-corrected chi connectivity index (χ2v) is 4.78. The second-order valence-electron chi connectivity index (χ2n) is 4.78. The van der Waals surface area contributed by atoms with Crippen molar-refractivity contribution in [2.24, 2.45) is 5.73 Å². The van der Waals surface area contributed by atoms with Crippen LogP contribution in [0, 0.1) is 0 Å². The monoisotopic (exact) mass is 244 g/mol. The quantitative estimate of drug-likeness (QED) is 0.573. The highest BCUT2D eigenvalue weighted by molar-refractivity contribution is 4.72. The lowest BCUT2D eigenvalue weighted by molar-refractivity contribution is 0.0817. The van der Waals surface area contributed by atoms with Crippen molar-refractivity contribution in [2.45, 2.75) is 58.4 Å². The van der Waals surface area contributed by atoms with E-state index in [1.807, 2.05) is 0 Å². The summed E-state index contributed by atoms with van der Waals surface area (Å²) in [4.78, 5) is 2.60. The molecule has 0 saturated heterocycles. The highest BCUT2D eigenvalue weighted by Gasteiger charge is 2.16. The molecule has 0 bridgehead atoms. The van der Waals surface area contributed by atoms with Crippen molar-refractivity contribution < 1.29 is 4.74 Å². The third-order valence-electron chi connectivity index (χ3n) is 3.21. The van der Waals surface area contributed by atoms with Crippen LogP contribution in [0.15, 0.2) is 0 Å². The SMILES string of the molecule is CCCCN(CCCC)C(CCCN)COC. The van der Waals surface area contributed by atoms with Gasteiger partial charge in [-0.2, -0.15) is 0 Å². The number of methoxy groups -OCH3 is 1. The number of hydrogen-bond acceptors (Lipinski definition) is 3. The Morgan fingerprint density at radius 3 is 2.06 bits per heavy atom. The van der Waals surface area contributed by atoms with Gasteiger partial charge in [0.15, 0.2) is 0 Å². The number of nitrogens with zero attached hydrogens (tertiary/aromatic N) is 1. The molecule has 2 N–H and O–H groups in total. The van der Waals surface area contributed by atoms with Crippen molar-refractivity contribution in [3.63, 3.8) is 0 Å². The first-order valence-corrected chi connectivity index (χ1v) is 7.23. The van der Waals surface area contributed by atoms with Gasteiger partial charge in [-0.05, 0) is 45.3 Å². The molecule has 0 fully saturated rings. The molecular formula is C14H32N2O. The van der Waals surface area contributed by atoms with Crippen LogP contribution in [0.5, 0.6) is 0 Å². The van der Waals surface area contributed by atoms with Gasteiger partial charge in [-0.25, -0.2) is 0 Å². The first-order chi connectivity index (χ1) is 8.29. The summed E-state index contributed by atoms with van der Waals surface area (Å²) in [5, 5.41) is 0. The molecule has 17 heavy (non-hydrogen) atoms. The van der Waals surface area contributed by atoms with Crippen LogP contribution >= 0.6 is 0 Å². The minimum Gasteiger partial charge on any atom is -0.383 e. The fourth-order valence-electron chi connectivity index (χ4n) is 2.12. The molecule has 0 aromatic carbocycles. The topological polar surface area (TPSA) is 38.5 Å². The summed E-state index contributed by atoms with van der Waals surface area (Å²) in [5.41, 5.74) is 5.61. The Bertz CT molecular complexity index is 145. The molecule has 0 amide bonds. The Kier molecular flexibility index (Phi) is 12.3. The zero-order valence-corrected chi connectivity index (χ0v) is 12.1. The predicted octanol–water partition coefficient (Wildman–Crippen LogP) is 2.64. The van der Waals surface area contributed by atoms with Crippen LogP contribution in [-0.4, -0.2) is 44.3 Å². The summed E-state index contributed by atoms with van der Waals surface area (Å²) in [6, 6.07) is 0.557. The summed E-state index contributed by atoms with van der Waals surface area (Å²) in [7, 11) is 1.80. The normalized spacial score (nSPS) is 13.2. The molecule has 0 aromatic heterocycles. The lowest BCUT2D eigenvalue weighted by atomic mass is 10.1. The van der Waals surface area contributed by atoms with Gasteiger partial charge in [0, 0.05) is 13.2 Å². The molecule has 1 unspecified atom stereocenters. The van der Waals surface area contributed by atoms with Gasteiger partial charge in [0.05, 0.1) is 6.61 Å². The van der Waals surface area contributed by atoms with Gasteiger partial charge in [-0.3, -0.25) is 4.90 Å². The highest BCUT2D eigenvalue weighted by Crippen LogP contribution is 2.10. The number of ether oxygens (including phenoxy) is 1. The smallest absolute Gasteiger partial charge is 0.0618 e. The standard InChI is InChI=1S/C14H32N2O/c1-4-6-11-16(12-7-5-2)14(13-17-3)9-8-10-15/h14H,4-13,15H2,1-3H3. The van der Waals surface area contributed by atoms with Crippen molar-refractivity contribution in [3.8, 4) is 0 Å². The summed E-state index contributed by atoms with van der Waals surface area (Å²) in [6.07, 6.45) is 7.36. The molecule has 0 saturated carbocycles. The van der Waals surface area contributed by atoms with Gasteiger partial charge in [0.1, 0.15) is 0 Å². The largest absolute Gasteiger partial charge is 0.383 e. The zero-order chi connectivity index (χ0) is 12.9. The molecule has 0 rings (SSSR count). The van der Waals surface area contributed by atoms with Gasteiger partial charge >= 0.3 is 0 Å². The summed E-state index contributed by atoms with van der Waals surface area (Å²) in [6.45, 7) is 8.54. The molecule has 3 nitrogen and oxygen atoms in total. The molecule has 0 aliphatic heterocycles. The van der Waals surface area contributed by atoms with E-state index in [0.717, 1.165) is 26.0 Å². The minimum atomic E-state index is 0.557. The van der Waals surface area contributed by atoms with Crippen LogP contribution in [0.4, 0.5) is 0 Å². The van der Waals surface area contributed by atoms with Crippen LogP contribution in [0.25, 0.3) is 0 Å². The summed E-state index contributed by atoms with van der Waals surface area (Å²) in [5.74, 6) is 0. The lowest BCUT2D eigenvalue weighted by Gasteiger charge is -2.31. The minimum absolute atomic E-state index is 0.557. The van der Waals surface area contributed by atoms with E-state index in [2.05, 4.69) is 18.7 Å². The van der Waals surface area contributed by atoms with Crippen LogP contribution in [0.2, 0.25) is 0 Å². The first kappa shape index (κ1) is 16.9. The van der Waals surface area contributed by atoms with Gasteiger partial charge in [-0.1, -0.05) is 26.7 Å². The Morgan fingerprint density at radius 1 is 1.06 bits per heavy atom. The zero-order valence-electron chi connectivity index (χ0n) is 12.1. The van der Waals surface area contributed by atoms with E-state index < -0.39 is 0 Å². The average molecular weight is 244 g/mol. The first-order valence-electron chi connectivity index (χ1n) is 7.23. The fraction of sp³-hybridized carbons (Fsp3) is 1.00. The number of hydrogen-bond donors (Lipinski definition) is 1. The Hall–Kier alpha value is -0.120. The molecule has 0 aliphatic carbocycles. The third kappa shape index (κ3) is 8.58. The van der Waals surface area contributed by atoms with E-state index in [9.17, 15) is 0 Å². The molecular weight excluding hydrogens is 212 g/mol. The molecule has 0 aromatic rings. The van der Waals surface area contributed by atoms with Gasteiger partial charge in [0.2, 0.25) is 0 Å². The maximum atomic E-state index is 5.61. The van der Waals surface area contributed by atoms with Gasteiger partial charge < -0.3 is 10.5 Å². The van der Waals surface area contributed by atoms with Crippen LogP contribution < -0.4 is 5.73 Å². The van der Waals surface area contributed by atoms with E-state index in [-0.39, 0.29) is 0 Å². The molecule has 1 atom stereocenters. The molecule has 104 valence electrons. The van der Waals surface area contributed by atoms with Crippen molar-refractivity contribution in [1.29, 1.82) is 0 Å². The molecule has 0 radical (unpaired) electrons. The van der Waals surface area contributed by atoms with Crippen molar-refractivity contribution in [2.75, 3.05) is 33.4 Å². The maximum Gasteiger partial charge on any atom is 0.0618 e. The fourth-order valence-corrected chi connectivity index (χ4v) is 2.12. The van der Waals surface area contributed by atoms with Gasteiger partial charge in [-0.15, -0.1) is 0 Å². The van der Waals surface area contributed by atoms with Crippen molar-refractivity contribution in [3.05, 3.63) is 0 Å². The van der Waals surface area contributed by atoms with E-state index in [1.54, 1.807) is 7.11 Å². The maximum absolute atomic E-state index is 5.61. The number of nitrogens with two attached hydrogens (primary N) is 1. The van der Waals surface area contributed by atoms with Crippen LogP contribution in [0.3, 0.4) is 0 Å². The Labute approximate surface area is 108 Å². The number of rotatable bonds is 12. The summed E-state index contributed by atoms with van der Waals surface area (Å²) >= 11 is 0. The summed E-state index contributed by atoms with van der Waals surface area (Å²) < 4.78 is 5.36. The third-order valence-corrected chi connectivity index (χ3v) is 3.21. The Balaban J connectivity index is 4.20. The van der Waals surface area contributed by atoms with Crippen LogP contribution in [-0.2, 0) is 4.74 Å². The molecule has 0 heterocycles. The van der Waals surface area contributed by atoms with Crippen molar-refractivity contribution in [1.82, 2.24) is 4.90 Å². The van der Waals surface area contributed by atoms with Crippen LogP contribution in [0.1, 0.15) is 52.4 Å². The van der Waals surface area contributed by atoms with E-state index in [1.165, 1.54) is 38.8 Å².